The number of aryl methyl sites for hydroxylation is 1. The van der Waals surface area contributed by atoms with Crippen molar-refractivity contribution in [2.75, 3.05) is 11.9 Å². The highest BCUT2D eigenvalue weighted by molar-refractivity contribution is 6.29. The normalized spacial score (nSPS) is 11.2. The second-order valence-electron chi connectivity index (χ2n) is 5.01. The Labute approximate surface area is 134 Å². The van der Waals surface area contributed by atoms with E-state index >= 15 is 0 Å². The average molecular weight is 341 g/mol. The maximum atomic E-state index is 14.0. The summed E-state index contributed by atoms with van der Waals surface area (Å²) in [6, 6.07) is 3.60. The smallest absolute Gasteiger partial charge is 0.183 e. The Morgan fingerprint density at radius 1 is 1.13 bits per heavy atom. The summed E-state index contributed by atoms with van der Waals surface area (Å²) in [6.07, 6.45) is 1.31. The number of hydrogen-bond acceptors (Lipinski definition) is 3. The number of hydrogen-bond donors (Lipinski definition) is 1. The molecule has 0 fully saturated rings. The molecule has 0 aliphatic heterocycles. The van der Waals surface area contributed by atoms with Gasteiger partial charge in [-0.1, -0.05) is 11.6 Å². The lowest BCUT2D eigenvalue weighted by atomic mass is 10.2. The van der Waals surface area contributed by atoms with Gasteiger partial charge in [0.2, 0.25) is 0 Å². The molecule has 0 amide bonds. The van der Waals surface area contributed by atoms with Crippen molar-refractivity contribution in [3.05, 3.63) is 52.8 Å². The number of nitrogens with one attached hydrogen (secondary N) is 1. The lowest BCUT2D eigenvalue weighted by molar-refractivity contribution is 0.500. The summed E-state index contributed by atoms with van der Waals surface area (Å²) in [7, 11) is 0. The number of halogens is 4. The van der Waals surface area contributed by atoms with Crippen LogP contribution in [0.2, 0.25) is 5.15 Å². The van der Waals surface area contributed by atoms with Gasteiger partial charge in [0, 0.05) is 36.3 Å². The molecule has 0 saturated carbocycles. The first-order valence-corrected chi connectivity index (χ1v) is 7.20. The number of benzene rings is 1. The SMILES string of the molecule is Cc1cc2c(F)cc(F)c(F)c2n1CCNc1cc(Cl)ncn1. The third-order valence-electron chi connectivity index (χ3n) is 3.51. The highest BCUT2D eigenvalue weighted by atomic mass is 35.5. The summed E-state index contributed by atoms with van der Waals surface area (Å²) in [6.45, 7) is 2.38. The van der Waals surface area contributed by atoms with E-state index in [1.807, 2.05) is 0 Å². The number of aromatic nitrogens is 3. The van der Waals surface area contributed by atoms with Crippen molar-refractivity contribution in [2.24, 2.45) is 0 Å². The van der Waals surface area contributed by atoms with Crippen molar-refractivity contribution < 1.29 is 13.2 Å². The fourth-order valence-electron chi connectivity index (χ4n) is 2.48. The van der Waals surface area contributed by atoms with Crippen LogP contribution >= 0.6 is 11.6 Å². The number of fused-ring (bicyclic) bond motifs is 1. The molecule has 0 radical (unpaired) electrons. The minimum atomic E-state index is -1.20. The Balaban J connectivity index is 1.87. The van der Waals surface area contributed by atoms with Gasteiger partial charge in [-0.05, 0) is 13.0 Å². The van der Waals surface area contributed by atoms with Gasteiger partial charge in [-0.3, -0.25) is 0 Å². The van der Waals surface area contributed by atoms with Crippen LogP contribution in [0.1, 0.15) is 5.69 Å². The van der Waals surface area contributed by atoms with Gasteiger partial charge in [-0.15, -0.1) is 0 Å². The Hall–Kier alpha value is -2.28. The summed E-state index contributed by atoms with van der Waals surface area (Å²) in [5.74, 6) is -2.53. The zero-order valence-corrected chi connectivity index (χ0v) is 12.8. The molecule has 0 spiro atoms. The quantitative estimate of drug-likeness (QED) is 0.578. The maximum absolute atomic E-state index is 14.0. The van der Waals surface area contributed by atoms with E-state index in [4.69, 9.17) is 11.6 Å². The van der Waals surface area contributed by atoms with Crippen LogP contribution in [0.15, 0.2) is 24.5 Å². The largest absolute Gasteiger partial charge is 0.368 e. The van der Waals surface area contributed by atoms with Gasteiger partial charge in [0.15, 0.2) is 11.6 Å². The van der Waals surface area contributed by atoms with Crippen molar-refractivity contribution >= 4 is 28.3 Å². The van der Waals surface area contributed by atoms with Crippen LogP contribution in [0, 0.1) is 24.4 Å². The number of anilines is 1. The molecule has 0 atom stereocenters. The predicted molar refractivity (Wildman–Crippen MR) is 82.1 cm³/mol. The summed E-state index contributed by atoms with van der Waals surface area (Å²) in [4.78, 5) is 7.74. The van der Waals surface area contributed by atoms with Crippen LogP contribution in [0.25, 0.3) is 10.9 Å². The third kappa shape index (κ3) is 2.96. The van der Waals surface area contributed by atoms with Crippen LogP contribution in [0.5, 0.6) is 0 Å². The van der Waals surface area contributed by atoms with Crippen molar-refractivity contribution in [1.82, 2.24) is 14.5 Å². The average Bonchev–Trinajstić information content (AvgIpc) is 2.83. The molecule has 0 unspecified atom stereocenters. The van der Waals surface area contributed by atoms with Crippen molar-refractivity contribution in [3.8, 4) is 0 Å². The zero-order chi connectivity index (χ0) is 16.6. The molecule has 8 heteroatoms. The molecular weight excluding hydrogens is 329 g/mol. The maximum Gasteiger partial charge on any atom is 0.183 e. The molecule has 1 N–H and O–H groups in total. The molecule has 2 heterocycles. The molecule has 3 rings (SSSR count). The van der Waals surface area contributed by atoms with Crippen molar-refractivity contribution in [2.45, 2.75) is 13.5 Å². The Morgan fingerprint density at radius 2 is 1.91 bits per heavy atom. The highest BCUT2D eigenvalue weighted by Crippen LogP contribution is 2.27. The Morgan fingerprint density at radius 3 is 2.65 bits per heavy atom. The van der Waals surface area contributed by atoms with Crippen molar-refractivity contribution in [1.29, 1.82) is 0 Å². The fraction of sp³-hybridized carbons (Fsp3) is 0.200. The van der Waals surface area contributed by atoms with Crippen molar-refractivity contribution in [3.63, 3.8) is 0 Å². The summed E-state index contributed by atoms with van der Waals surface area (Å²) < 4.78 is 42.8. The second-order valence-corrected chi connectivity index (χ2v) is 5.39. The van der Waals surface area contributed by atoms with Crippen LogP contribution in [0.3, 0.4) is 0 Å². The third-order valence-corrected chi connectivity index (χ3v) is 3.71. The molecule has 120 valence electrons. The van der Waals surface area contributed by atoms with Gasteiger partial charge in [0.25, 0.3) is 0 Å². The van der Waals surface area contributed by atoms with Crippen LogP contribution in [-0.4, -0.2) is 21.1 Å². The molecule has 4 nitrogen and oxygen atoms in total. The molecule has 23 heavy (non-hydrogen) atoms. The second kappa shape index (κ2) is 6.08. The monoisotopic (exact) mass is 340 g/mol. The summed E-state index contributed by atoms with van der Waals surface area (Å²) >= 11 is 5.75. The molecule has 2 aromatic heterocycles. The van der Waals surface area contributed by atoms with Gasteiger partial charge in [0.05, 0.1) is 5.52 Å². The number of rotatable bonds is 4. The zero-order valence-electron chi connectivity index (χ0n) is 12.1. The van der Waals surface area contributed by atoms with E-state index in [1.54, 1.807) is 13.0 Å². The lowest BCUT2D eigenvalue weighted by Crippen LogP contribution is -2.13. The number of nitrogens with zero attached hydrogens (tertiary/aromatic N) is 3. The van der Waals surface area contributed by atoms with Gasteiger partial charge >= 0.3 is 0 Å². The first kappa shape index (κ1) is 15.6. The van der Waals surface area contributed by atoms with Gasteiger partial charge in [-0.2, -0.15) is 0 Å². The van der Waals surface area contributed by atoms with E-state index in [9.17, 15) is 13.2 Å². The fourth-order valence-corrected chi connectivity index (χ4v) is 2.62. The molecule has 3 aromatic rings. The van der Waals surface area contributed by atoms with Gasteiger partial charge in [0.1, 0.15) is 23.1 Å². The minimum absolute atomic E-state index is 0.0616. The van der Waals surface area contributed by atoms with Gasteiger partial charge < -0.3 is 9.88 Å². The predicted octanol–water partition coefficient (Wildman–Crippen LogP) is 3.92. The molecule has 0 aliphatic rings. The van der Waals surface area contributed by atoms with E-state index < -0.39 is 17.5 Å². The van der Waals surface area contributed by atoms with E-state index in [0.717, 1.165) is 0 Å². The van der Waals surface area contributed by atoms with E-state index in [1.165, 1.54) is 17.0 Å². The summed E-state index contributed by atoms with van der Waals surface area (Å²) in [5.41, 5.74) is 0.549. The topological polar surface area (TPSA) is 42.7 Å². The summed E-state index contributed by atoms with van der Waals surface area (Å²) in [5, 5.41) is 3.35. The first-order valence-electron chi connectivity index (χ1n) is 6.82. The first-order chi connectivity index (χ1) is 11.0. The highest BCUT2D eigenvalue weighted by Gasteiger charge is 2.18. The molecule has 0 saturated heterocycles. The van der Waals surface area contributed by atoms with Crippen LogP contribution < -0.4 is 5.32 Å². The molecule has 0 aliphatic carbocycles. The Bertz CT molecular complexity index is 879. The lowest BCUT2D eigenvalue weighted by Gasteiger charge is -2.11. The van der Waals surface area contributed by atoms with E-state index in [0.29, 0.717) is 35.8 Å². The van der Waals surface area contributed by atoms with E-state index in [-0.39, 0.29) is 10.9 Å². The van der Waals surface area contributed by atoms with Crippen LogP contribution in [-0.2, 0) is 6.54 Å². The molecule has 1 aromatic carbocycles. The minimum Gasteiger partial charge on any atom is -0.368 e. The molecule has 0 bridgehead atoms. The standard InChI is InChI=1S/C15H12ClF3N4/c1-8-4-9-10(17)5-11(18)14(19)15(9)23(8)3-2-20-13-6-12(16)21-7-22-13/h4-7H,2-3H2,1H3,(H,20,21,22). The Kier molecular flexibility index (Phi) is 4.12. The molecular formula is C15H12ClF3N4. The van der Waals surface area contributed by atoms with E-state index in [2.05, 4.69) is 15.3 Å². The van der Waals surface area contributed by atoms with Gasteiger partial charge in [-0.25, -0.2) is 23.1 Å². The van der Waals surface area contributed by atoms with Crippen LogP contribution in [0.4, 0.5) is 19.0 Å².